The van der Waals surface area contributed by atoms with Crippen molar-refractivity contribution in [3.63, 3.8) is 0 Å². The molecule has 0 aromatic carbocycles. The number of amides is 1. The van der Waals surface area contributed by atoms with Crippen LogP contribution in [0.25, 0.3) is 0 Å². The van der Waals surface area contributed by atoms with Gasteiger partial charge in [0.05, 0.1) is 18.4 Å². The van der Waals surface area contributed by atoms with E-state index in [9.17, 15) is 4.79 Å². The van der Waals surface area contributed by atoms with E-state index in [1.54, 1.807) is 0 Å². The summed E-state index contributed by atoms with van der Waals surface area (Å²) in [4.78, 5) is 11.8. The van der Waals surface area contributed by atoms with Gasteiger partial charge in [-0.15, -0.1) is 10.2 Å². The topological polar surface area (TPSA) is 69.0 Å². The van der Waals surface area contributed by atoms with E-state index in [1.807, 2.05) is 13.8 Å². The fourth-order valence-electron chi connectivity index (χ4n) is 2.50. The van der Waals surface area contributed by atoms with Gasteiger partial charge in [-0.1, -0.05) is 18.7 Å². The van der Waals surface area contributed by atoms with Crippen LogP contribution in [0.15, 0.2) is 5.16 Å². The maximum atomic E-state index is 11.8. The normalized spacial score (nSPS) is 18.1. The van der Waals surface area contributed by atoms with Crippen LogP contribution < -0.4 is 5.32 Å². The van der Waals surface area contributed by atoms with E-state index in [-0.39, 0.29) is 18.1 Å². The minimum Gasteiger partial charge on any atom is -0.376 e. The number of rotatable bonds is 8. The van der Waals surface area contributed by atoms with Crippen LogP contribution in [0.2, 0.25) is 0 Å². The van der Waals surface area contributed by atoms with E-state index in [4.69, 9.17) is 4.74 Å². The van der Waals surface area contributed by atoms with E-state index < -0.39 is 0 Å². The summed E-state index contributed by atoms with van der Waals surface area (Å²) in [7, 11) is 0. The number of hydrogen-bond acceptors (Lipinski definition) is 5. The Labute approximate surface area is 136 Å². The molecule has 6 nitrogen and oxygen atoms in total. The first-order valence-electron chi connectivity index (χ1n) is 8.06. The molecule has 0 unspecified atom stereocenters. The third kappa shape index (κ3) is 4.98. The van der Waals surface area contributed by atoms with Crippen LogP contribution in [0.5, 0.6) is 0 Å². The van der Waals surface area contributed by atoms with Crippen molar-refractivity contribution in [2.75, 3.05) is 12.4 Å². The number of hydrogen-bond donors (Lipinski definition) is 1. The first kappa shape index (κ1) is 17.3. The van der Waals surface area contributed by atoms with Gasteiger partial charge in [0.15, 0.2) is 5.16 Å². The Bertz CT molecular complexity index is 484. The number of ether oxygens (including phenoxy) is 1. The molecule has 1 N–H and O–H groups in total. The third-order valence-corrected chi connectivity index (χ3v) is 4.43. The van der Waals surface area contributed by atoms with Crippen LogP contribution in [-0.4, -0.2) is 45.2 Å². The van der Waals surface area contributed by atoms with Crippen molar-refractivity contribution in [2.45, 2.75) is 70.3 Å². The molecule has 0 spiro atoms. The lowest BCUT2D eigenvalue weighted by atomic mass is 10.2. The zero-order valence-electron chi connectivity index (χ0n) is 13.7. The Morgan fingerprint density at radius 3 is 2.95 bits per heavy atom. The second-order valence-corrected chi connectivity index (χ2v) is 6.85. The summed E-state index contributed by atoms with van der Waals surface area (Å²) < 4.78 is 7.86. The highest BCUT2D eigenvalue weighted by atomic mass is 32.2. The van der Waals surface area contributed by atoms with Crippen LogP contribution in [0.1, 0.15) is 45.9 Å². The first-order valence-corrected chi connectivity index (χ1v) is 9.04. The Kier molecular flexibility index (Phi) is 6.70. The smallest absolute Gasteiger partial charge is 0.230 e. The molecule has 0 saturated carbocycles. The van der Waals surface area contributed by atoms with Gasteiger partial charge in [-0.2, -0.15) is 0 Å². The summed E-state index contributed by atoms with van der Waals surface area (Å²) in [5.74, 6) is 1.39. The number of carbonyl (C=O) groups excluding carboxylic acids is 1. The average molecular weight is 326 g/mol. The highest BCUT2D eigenvalue weighted by Gasteiger charge is 2.21. The Morgan fingerprint density at radius 2 is 2.32 bits per heavy atom. The van der Waals surface area contributed by atoms with Crippen molar-refractivity contribution in [3.8, 4) is 0 Å². The number of nitrogens with one attached hydrogen (secondary N) is 1. The molecule has 22 heavy (non-hydrogen) atoms. The van der Waals surface area contributed by atoms with Crippen molar-refractivity contribution in [1.29, 1.82) is 0 Å². The highest BCUT2D eigenvalue weighted by molar-refractivity contribution is 7.99. The van der Waals surface area contributed by atoms with E-state index in [0.29, 0.717) is 5.75 Å². The predicted octanol–water partition coefficient (Wildman–Crippen LogP) is 2.03. The summed E-state index contributed by atoms with van der Waals surface area (Å²) in [6, 6.07) is 0.161. The molecule has 0 radical (unpaired) electrons. The van der Waals surface area contributed by atoms with Crippen molar-refractivity contribution >= 4 is 17.7 Å². The van der Waals surface area contributed by atoms with Gasteiger partial charge in [-0.3, -0.25) is 4.79 Å². The molecule has 1 aromatic rings. The van der Waals surface area contributed by atoms with Gasteiger partial charge >= 0.3 is 0 Å². The highest BCUT2D eigenvalue weighted by Crippen LogP contribution is 2.21. The number of thioether (sulfide) groups is 1. The van der Waals surface area contributed by atoms with Gasteiger partial charge in [-0.25, -0.2) is 0 Å². The molecule has 7 heteroatoms. The zero-order valence-corrected chi connectivity index (χ0v) is 14.5. The lowest BCUT2D eigenvalue weighted by Crippen LogP contribution is -2.31. The Hall–Kier alpha value is -1.08. The summed E-state index contributed by atoms with van der Waals surface area (Å²) >= 11 is 1.45. The quantitative estimate of drug-likeness (QED) is 0.740. The molecule has 0 bridgehead atoms. The number of aromatic nitrogens is 3. The van der Waals surface area contributed by atoms with E-state index >= 15 is 0 Å². The molecule has 1 aliphatic heterocycles. The summed E-state index contributed by atoms with van der Waals surface area (Å²) in [6.07, 6.45) is 4.38. The van der Waals surface area contributed by atoms with Gasteiger partial charge in [0, 0.05) is 19.1 Å². The van der Waals surface area contributed by atoms with E-state index in [2.05, 4.69) is 27.0 Å². The Balaban J connectivity index is 2.00. The van der Waals surface area contributed by atoms with Crippen LogP contribution in [0.4, 0.5) is 0 Å². The maximum absolute atomic E-state index is 11.8. The molecule has 2 rings (SSSR count). The van der Waals surface area contributed by atoms with Gasteiger partial charge in [0.1, 0.15) is 5.82 Å². The first-order chi connectivity index (χ1) is 10.6. The van der Waals surface area contributed by atoms with Gasteiger partial charge in [0.25, 0.3) is 0 Å². The van der Waals surface area contributed by atoms with Crippen LogP contribution in [0.3, 0.4) is 0 Å². The van der Waals surface area contributed by atoms with Crippen molar-refractivity contribution < 1.29 is 9.53 Å². The standard InChI is InChI=1S/C15H26N4O2S/c1-4-6-13-17-18-15(22-10-14(20)16-11(2)3)19(13)9-12-7-5-8-21-12/h11-12H,4-10H2,1-3H3,(H,16,20)/t12-/m0/s1. The molecule has 1 atom stereocenters. The zero-order chi connectivity index (χ0) is 15.9. The molecule has 0 aliphatic carbocycles. The predicted molar refractivity (Wildman–Crippen MR) is 87.0 cm³/mol. The average Bonchev–Trinajstić information content (AvgIpc) is 3.08. The van der Waals surface area contributed by atoms with Crippen molar-refractivity contribution in [1.82, 2.24) is 20.1 Å². The third-order valence-electron chi connectivity index (χ3n) is 3.46. The molecule has 1 aliphatic rings. The summed E-state index contributed by atoms with van der Waals surface area (Å²) in [5.41, 5.74) is 0. The minimum absolute atomic E-state index is 0.0312. The molecule has 1 saturated heterocycles. The second-order valence-electron chi connectivity index (χ2n) is 5.91. The maximum Gasteiger partial charge on any atom is 0.230 e. The number of nitrogens with zero attached hydrogens (tertiary/aromatic N) is 3. The van der Waals surface area contributed by atoms with Crippen LogP contribution in [0, 0.1) is 0 Å². The molecule has 124 valence electrons. The SMILES string of the molecule is CCCc1nnc(SCC(=O)NC(C)C)n1C[C@@H]1CCCO1. The summed E-state index contributed by atoms with van der Waals surface area (Å²) in [5, 5.41) is 12.3. The summed E-state index contributed by atoms with van der Waals surface area (Å²) in [6.45, 7) is 7.68. The van der Waals surface area contributed by atoms with Gasteiger partial charge < -0.3 is 14.6 Å². The van der Waals surface area contributed by atoms with Crippen molar-refractivity contribution in [3.05, 3.63) is 5.82 Å². The molecule has 1 amide bonds. The molecule has 1 aromatic heterocycles. The van der Waals surface area contributed by atoms with E-state index in [0.717, 1.165) is 49.8 Å². The van der Waals surface area contributed by atoms with Crippen LogP contribution >= 0.6 is 11.8 Å². The monoisotopic (exact) mass is 326 g/mol. The van der Waals surface area contributed by atoms with Crippen LogP contribution in [-0.2, 0) is 22.5 Å². The molecular weight excluding hydrogens is 300 g/mol. The lowest BCUT2D eigenvalue weighted by Gasteiger charge is -2.14. The molecule has 1 fully saturated rings. The molecular formula is C15H26N4O2S. The molecule has 2 heterocycles. The fourth-order valence-corrected chi connectivity index (χ4v) is 3.28. The second kappa shape index (κ2) is 8.53. The number of carbonyl (C=O) groups is 1. The van der Waals surface area contributed by atoms with Gasteiger partial charge in [-0.05, 0) is 33.1 Å². The number of aryl methyl sites for hydroxylation is 1. The Morgan fingerprint density at radius 1 is 1.50 bits per heavy atom. The largest absolute Gasteiger partial charge is 0.376 e. The fraction of sp³-hybridized carbons (Fsp3) is 0.800. The van der Waals surface area contributed by atoms with Crippen molar-refractivity contribution in [2.24, 2.45) is 0 Å². The lowest BCUT2D eigenvalue weighted by molar-refractivity contribution is -0.119. The minimum atomic E-state index is 0.0312. The van der Waals surface area contributed by atoms with E-state index in [1.165, 1.54) is 11.8 Å². The van der Waals surface area contributed by atoms with Gasteiger partial charge in [0.2, 0.25) is 5.91 Å².